The molecule has 0 aromatic heterocycles. The van der Waals surface area contributed by atoms with E-state index in [1.807, 2.05) is 0 Å². The molecule has 0 saturated heterocycles. The highest BCUT2D eigenvalue weighted by Gasteiger charge is 2.08. The molecule has 96 valence electrons. The zero-order chi connectivity index (χ0) is 12.7. The van der Waals surface area contributed by atoms with Gasteiger partial charge < -0.3 is 10.6 Å². The molecule has 0 amide bonds. The Bertz CT molecular complexity index is 300. The predicted octanol–water partition coefficient (Wildman–Crippen LogP) is 2.60. The Morgan fingerprint density at radius 3 is 2.29 bits per heavy atom. The van der Waals surface area contributed by atoms with E-state index in [9.17, 15) is 0 Å². The molecule has 0 heterocycles. The second-order valence-corrected chi connectivity index (χ2v) is 5.72. The maximum atomic E-state index is 3.54. The molecule has 1 unspecified atom stereocenters. The fourth-order valence-electron chi connectivity index (χ4n) is 1.80. The molecule has 1 aromatic carbocycles. The zero-order valence-corrected chi connectivity index (χ0v) is 11.6. The van der Waals surface area contributed by atoms with Crippen molar-refractivity contribution < 1.29 is 0 Å². The summed E-state index contributed by atoms with van der Waals surface area (Å²) in [6.07, 6.45) is 1.09. The normalized spacial score (nSPS) is 13.6. The van der Waals surface area contributed by atoms with Gasteiger partial charge in [-0.2, -0.15) is 0 Å². The summed E-state index contributed by atoms with van der Waals surface area (Å²) >= 11 is 0. The maximum absolute atomic E-state index is 3.54. The van der Waals surface area contributed by atoms with Crippen molar-refractivity contribution in [2.24, 2.45) is 0 Å². The SMILES string of the molecule is CC(Cc1ccccc1)NCCNC(C)(C)C. The van der Waals surface area contributed by atoms with Gasteiger partial charge in [0.05, 0.1) is 0 Å². The van der Waals surface area contributed by atoms with Crippen molar-refractivity contribution >= 4 is 0 Å². The average Bonchev–Trinajstić information content (AvgIpc) is 2.25. The molecule has 2 nitrogen and oxygen atoms in total. The van der Waals surface area contributed by atoms with Crippen LogP contribution in [0.4, 0.5) is 0 Å². The maximum Gasteiger partial charge on any atom is 0.00970 e. The van der Waals surface area contributed by atoms with Crippen molar-refractivity contribution in [3.63, 3.8) is 0 Å². The summed E-state index contributed by atoms with van der Waals surface area (Å²) in [6.45, 7) is 10.9. The minimum absolute atomic E-state index is 0.213. The van der Waals surface area contributed by atoms with Gasteiger partial charge in [0.1, 0.15) is 0 Å². The number of hydrogen-bond acceptors (Lipinski definition) is 2. The van der Waals surface area contributed by atoms with Crippen molar-refractivity contribution in [1.82, 2.24) is 10.6 Å². The van der Waals surface area contributed by atoms with E-state index in [0.29, 0.717) is 6.04 Å². The molecule has 2 N–H and O–H groups in total. The summed E-state index contributed by atoms with van der Waals surface area (Å²) < 4.78 is 0. The van der Waals surface area contributed by atoms with Crippen molar-refractivity contribution in [2.75, 3.05) is 13.1 Å². The Morgan fingerprint density at radius 2 is 1.71 bits per heavy atom. The smallest absolute Gasteiger partial charge is 0.00970 e. The molecule has 0 aliphatic carbocycles. The van der Waals surface area contributed by atoms with Crippen LogP contribution < -0.4 is 10.6 Å². The molecular weight excluding hydrogens is 208 g/mol. The zero-order valence-electron chi connectivity index (χ0n) is 11.6. The van der Waals surface area contributed by atoms with Gasteiger partial charge in [0.2, 0.25) is 0 Å². The summed E-state index contributed by atoms with van der Waals surface area (Å²) in [4.78, 5) is 0. The lowest BCUT2D eigenvalue weighted by atomic mass is 10.1. The lowest BCUT2D eigenvalue weighted by Crippen LogP contribution is -2.42. The first kappa shape index (κ1) is 14.2. The van der Waals surface area contributed by atoms with Gasteiger partial charge in [0.25, 0.3) is 0 Å². The summed E-state index contributed by atoms with van der Waals surface area (Å²) in [6, 6.07) is 11.2. The average molecular weight is 234 g/mol. The standard InChI is InChI=1S/C15H26N2/c1-13(12-14-8-6-5-7-9-14)16-10-11-17-15(2,3)4/h5-9,13,16-17H,10-12H2,1-4H3. The van der Waals surface area contributed by atoms with Crippen molar-refractivity contribution in [1.29, 1.82) is 0 Å². The number of nitrogens with one attached hydrogen (secondary N) is 2. The first-order valence-electron chi connectivity index (χ1n) is 6.50. The van der Waals surface area contributed by atoms with E-state index >= 15 is 0 Å². The third-order valence-electron chi connectivity index (χ3n) is 2.66. The number of rotatable bonds is 6. The molecular formula is C15H26N2. The van der Waals surface area contributed by atoms with Crippen LogP contribution in [-0.4, -0.2) is 24.7 Å². The summed E-state index contributed by atoms with van der Waals surface area (Å²) in [5.74, 6) is 0. The second-order valence-electron chi connectivity index (χ2n) is 5.72. The summed E-state index contributed by atoms with van der Waals surface area (Å²) in [5, 5.41) is 7.02. The quantitative estimate of drug-likeness (QED) is 0.739. The molecule has 0 saturated carbocycles. The highest BCUT2D eigenvalue weighted by molar-refractivity contribution is 5.15. The number of hydrogen-bond donors (Lipinski definition) is 2. The van der Waals surface area contributed by atoms with Crippen LogP contribution in [-0.2, 0) is 6.42 Å². The van der Waals surface area contributed by atoms with Gasteiger partial charge >= 0.3 is 0 Å². The minimum atomic E-state index is 0.213. The Balaban J connectivity index is 2.16. The lowest BCUT2D eigenvalue weighted by Gasteiger charge is -2.21. The molecule has 0 aliphatic rings. The Labute approximate surface area is 106 Å². The fourth-order valence-corrected chi connectivity index (χ4v) is 1.80. The second kappa shape index (κ2) is 6.77. The van der Waals surface area contributed by atoms with E-state index in [2.05, 4.69) is 68.7 Å². The fraction of sp³-hybridized carbons (Fsp3) is 0.600. The topological polar surface area (TPSA) is 24.1 Å². The Hall–Kier alpha value is -0.860. The van der Waals surface area contributed by atoms with Gasteiger partial charge in [-0.3, -0.25) is 0 Å². The Morgan fingerprint density at radius 1 is 1.06 bits per heavy atom. The highest BCUT2D eigenvalue weighted by atomic mass is 15.0. The van der Waals surface area contributed by atoms with Gasteiger partial charge in [0.15, 0.2) is 0 Å². The molecule has 0 fully saturated rings. The van der Waals surface area contributed by atoms with Crippen molar-refractivity contribution in [3.8, 4) is 0 Å². The molecule has 0 bridgehead atoms. The van der Waals surface area contributed by atoms with E-state index in [0.717, 1.165) is 19.5 Å². The van der Waals surface area contributed by atoms with Gasteiger partial charge in [-0.1, -0.05) is 30.3 Å². The van der Waals surface area contributed by atoms with Gasteiger partial charge in [0, 0.05) is 24.7 Å². The van der Waals surface area contributed by atoms with Gasteiger partial charge in [-0.15, -0.1) is 0 Å². The van der Waals surface area contributed by atoms with E-state index in [-0.39, 0.29) is 5.54 Å². The third kappa shape index (κ3) is 7.14. The molecule has 1 atom stereocenters. The van der Waals surface area contributed by atoms with E-state index in [1.54, 1.807) is 0 Å². The van der Waals surface area contributed by atoms with Gasteiger partial charge in [-0.05, 0) is 39.7 Å². The van der Waals surface area contributed by atoms with Crippen molar-refractivity contribution in [3.05, 3.63) is 35.9 Å². The first-order valence-corrected chi connectivity index (χ1v) is 6.50. The van der Waals surface area contributed by atoms with Crippen LogP contribution >= 0.6 is 0 Å². The van der Waals surface area contributed by atoms with Crippen LogP contribution in [0.15, 0.2) is 30.3 Å². The van der Waals surface area contributed by atoms with Crippen LogP contribution in [0.2, 0.25) is 0 Å². The van der Waals surface area contributed by atoms with Crippen LogP contribution in [0, 0.1) is 0 Å². The minimum Gasteiger partial charge on any atom is -0.313 e. The summed E-state index contributed by atoms with van der Waals surface area (Å²) in [5.41, 5.74) is 1.61. The van der Waals surface area contributed by atoms with Gasteiger partial charge in [-0.25, -0.2) is 0 Å². The number of benzene rings is 1. The molecule has 0 radical (unpaired) electrons. The largest absolute Gasteiger partial charge is 0.313 e. The monoisotopic (exact) mass is 234 g/mol. The third-order valence-corrected chi connectivity index (χ3v) is 2.66. The van der Waals surface area contributed by atoms with Crippen LogP contribution in [0.1, 0.15) is 33.3 Å². The lowest BCUT2D eigenvalue weighted by molar-refractivity contribution is 0.412. The first-order chi connectivity index (χ1) is 7.97. The molecule has 0 spiro atoms. The van der Waals surface area contributed by atoms with Crippen LogP contribution in [0.3, 0.4) is 0 Å². The molecule has 2 heteroatoms. The molecule has 17 heavy (non-hydrogen) atoms. The van der Waals surface area contributed by atoms with E-state index < -0.39 is 0 Å². The predicted molar refractivity (Wildman–Crippen MR) is 75.4 cm³/mol. The molecule has 1 rings (SSSR count). The van der Waals surface area contributed by atoms with E-state index in [1.165, 1.54) is 5.56 Å². The van der Waals surface area contributed by atoms with Crippen LogP contribution in [0.5, 0.6) is 0 Å². The van der Waals surface area contributed by atoms with Crippen molar-refractivity contribution in [2.45, 2.75) is 45.7 Å². The highest BCUT2D eigenvalue weighted by Crippen LogP contribution is 2.02. The Kier molecular flexibility index (Phi) is 5.66. The molecule has 1 aromatic rings. The van der Waals surface area contributed by atoms with Crippen LogP contribution in [0.25, 0.3) is 0 Å². The molecule has 0 aliphatic heterocycles. The summed E-state index contributed by atoms with van der Waals surface area (Å²) in [7, 11) is 0. The van der Waals surface area contributed by atoms with E-state index in [4.69, 9.17) is 0 Å².